The molecule has 2 heterocycles. The van der Waals surface area contributed by atoms with Crippen molar-refractivity contribution in [2.75, 3.05) is 13.1 Å². The van der Waals surface area contributed by atoms with Crippen LogP contribution in [0.3, 0.4) is 0 Å². The van der Waals surface area contributed by atoms with Crippen molar-refractivity contribution in [1.82, 2.24) is 10.3 Å². The van der Waals surface area contributed by atoms with E-state index in [4.69, 9.17) is 9.47 Å². The molecule has 1 aliphatic heterocycles. The number of pyridine rings is 1. The minimum Gasteiger partial charge on any atom is -0.480 e. The number of ether oxygens (including phenoxy) is 2. The van der Waals surface area contributed by atoms with Gasteiger partial charge in [-0.2, -0.15) is 0 Å². The van der Waals surface area contributed by atoms with Gasteiger partial charge in [0.2, 0.25) is 0 Å². The average Bonchev–Trinajstić information content (AvgIpc) is 3.36. The Bertz CT molecular complexity index is 665. The normalized spacial score (nSPS) is 22.0. The molecular formula is C21H26N2O2. The predicted molar refractivity (Wildman–Crippen MR) is 97.9 cm³/mol. The number of hydrogen-bond acceptors (Lipinski definition) is 4. The van der Waals surface area contributed by atoms with Gasteiger partial charge in [-0.05, 0) is 56.3 Å². The van der Waals surface area contributed by atoms with Gasteiger partial charge in [0.1, 0.15) is 12.2 Å². The SMILES string of the molecule is c1ccc(C(Oc2cccnc2OC2CCCC2)C2CCNC2)cc1. The van der Waals surface area contributed by atoms with Crippen LogP contribution in [0.15, 0.2) is 48.7 Å². The molecule has 2 aromatic rings. The van der Waals surface area contributed by atoms with Gasteiger partial charge in [0.25, 0.3) is 5.88 Å². The molecule has 2 atom stereocenters. The van der Waals surface area contributed by atoms with E-state index in [2.05, 4.69) is 34.6 Å². The molecule has 4 heteroatoms. The van der Waals surface area contributed by atoms with Gasteiger partial charge < -0.3 is 14.8 Å². The fraction of sp³-hybridized carbons (Fsp3) is 0.476. The van der Waals surface area contributed by atoms with Crippen LogP contribution in [-0.4, -0.2) is 24.2 Å². The number of benzene rings is 1. The molecule has 0 bridgehead atoms. The first-order valence-electron chi connectivity index (χ1n) is 9.44. The fourth-order valence-corrected chi connectivity index (χ4v) is 3.87. The molecule has 0 spiro atoms. The molecule has 0 amide bonds. The van der Waals surface area contributed by atoms with E-state index in [1.807, 2.05) is 18.2 Å². The maximum absolute atomic E-state index is 6.50. The number of nitrogens with one attached hydrogen (secondary N) is 1. The Labute approximate surface area is 149 Å². The third-order valence-electron chi connectivity index (χ3n) is 5.23. The van der Waals surface area contributed by atoms with E-state index < -0.39 is 0 Å². The van der Waals surface area contributed by atoms with Crippen LogP contribution in [0.4, 0.5) is 0 Å². The lowest BCUT2D eigenvalue weighted by molar-refractivity contribution is 0.126. The monoisotopic (exact) mass is 338 g/mol. The van der Waals surface area contributed by atoms with Crippen molar-refractivity contribution < 1.29 is 9.47 Å². The lowest BCUT2D eigenvalue weighted by Gasteiger charge is -2.26. The highest BCUT2D eigenvalue weighted by molar-refractivity contribution is 5.34. The highest BCUT2D eigenvalue weighted by Crippen LogP contribution is 2.36. The van der Waals surface area contributed by atoms with Gasteiger partial charge in [-0.15, -0.1) is 0 Å². The zero-order valence-corrected chi connectivity index (χ0v) is 14.6. The summed E-state index contributed by atoms with van der Waals surface area (Å²) in [7, 11) is 0. The van der Waals surface area contributed by atoms with Crippen LogP contribution in [0.2, 0.25) is 0 Å². The van der Waals surface area contributed by atoms with E-state index in [0.717, 1.165) is 38.1 Å². The molecule has 1 aromatic carbocycles. The molecule has 0 radical (unpaired) electrons. The van der Waals surface area contributed by atoms with Crippen LogP contribution in [0.1, 0.15) is 43.8 Å². The fourth-order valence-electron chi connectivity index (χ4n) is 3.87. The van der Waals surface area contributed by atoms with Gasteiger partial charge in [0, 0.05) is 18.7 Å². The quantitative estimate of drug-likeness (QED) is 0.860. The van der Waals surface area contributed by atoms with Crippen molar-refractivity contribution in [3.63, 3.8) is 0 Å². The summed E-state index contributed by atoms with van der Waals surface area (Å²) in [6.45, 7) is 2.04. The molecule has 2 unspecified atom stereocenters. The Hall–Kier alpha value is -2.07. The smallest absolute Gasteiger partial charge is 0.257 e. The van der Waals surface area contributed by atoms with Crippen molar-refractivity contribution in [2.24, 2.45) is 5.92 Å². The van der Waals surface area contributed by atoms with Crippen molar-refractivity contribution in [3.05, 3.63) is 54.2 Å². The Morgan fingerprint density at radius 1 is 1.00 bits per heavy atom. The largest absolute Gasteiger partial charge is 0.480 e. The summed E-state index contributed by atoms with van der Waals surface area (Å²) < 4.78 is 12.7. The molecule has 25 heavy (non-hydrogen) atoms. The molecule has 4 rings (SSSR count). The topological polar surface area (TPSA) is 43.4 Å². The second kappa shape index (κ2) is 7.87. The van der Waals surface area contributed by atoms with E-state index in [9.17, 15) is 0 Å². The van der Waals surface area contributed by atoms with E-state index >= 15 is 0 Å². The van der Waals surface area contributed by atoms with Crippen molar-refractivity contribution in [1.29, 1.82) is 0 Å². The van der Waals surface area contributed by atoms with E-state index in [1.165, 1.54) is 18.4 Å². The summed E-state index contributed by atoms with van der Waals surface area (Å²) in [4.78, 5) is 4.45. The van der Waals surface area contributed by atoms with Crippen molar-refractivity contribution in [3.8, 4) is 11.6 Å². The molecule has 1 aliphatic carbocycles. The lowest BCUT2D eigenvalue weighted by atomic mass is 9.95. The molecule has 1 N–H and O–H groups in total. The minimum atomic E-state index is 0.0197. The van der Waals surface area contributed by atoms with Crippen LogP contribution in [-0.2, 0) is 0 Å². The summed E-state index contributed by atoms with van der Waals surface area (Å²) in [6, 6.07) is 14.4. The second-order valence-corrected chi connectivity index (χ2v) is 7.03. The van der Waals surface area contributed by atoms with Crippen molar-refractivity contribution >= 4 is 0 Å². The number of rotatable bonds is 6. The van der Waals surface area contributed by atoms with Gasteiger partial charge in [0.05, 0.1) is 0 Å². The molecule has 1 aromatic heterocycles. The van der Waals surface area contributed by atoms with Gasteiger partial charge >= 0.3 is 0 Å². The van der Waals surface area contributed by atoms with Crippen molar-refractivity contribution in [2.45, 2.75) is 44.3 Å². The summed E-state index contributed by atoms with van der Waals surface area (Å²) in [5, 5.41) is 3.45. The second-order valence-electron chi connectivity index (χ2n) is 7.03. The first-order valence-corrected chi connectivity index (χ1v) is 9.44. The van der Waals surface area contributed by atoms with E-state index in [0.29, 0.717) is 11.8 Å². The zero-order chi connectivity index (χ0) is 16.9. The molecular weight excluding hydrogens is 312 g/mol. The minimum absolute atomic E-state index is 0.0197. The zero-order valence-electron chi connectivity index (χ0n) is 14.6. The first kappa shape index (κ1) is 16.4. The van der Waals surface area contributed by atoms with E-state index in [1.54, 1.807) is 6.20 Å². The van der Waals surface area contributed by atoms with Crippen LogP contribution < -0.4 is 14.8 Å². The molecule has 1 saturated heterocycles. The Balaban J connectivity index is 1.57. The summed E-state index contributed by atoms with van der Waals surface area (Å²) >= 11 is 0. The average molecular weight is 338 g/mol. The Kier molecular flexibility index (Phi) is 5.17. The molecule has 4 nitrogen and oxygen atoms in total. The standard InChI is InChI=1S/C21H26N2O2/c1-2-7-16(8-3-1)20(17-12-14-22-15-17)25-19-11-6-13-23-21(19)24-18-9-4-5-10-18/h1-3,6-8,11,13,17-18,20,22H,4-5,9-10,12,14-15H2. The lowest BCUT2D eigenvalue weighted by Crippen LogP contribution is -2.22. The highest BCUT2D eigenvalue weighted by atomic mass is 16.5. The highest BCUT2D eigenvalue weighted by Gasteiger charge is 2.29. The van der Waals surface area contributed by atoms with Crippen LogP contribution in [0, 0.1) is 5.92 Å². The summed E-state index contributed by atoms with van der Waals surface area (Å²) in [5.41, 5.74) is 1.21. The summed E-state index contributed by atoms with van der Waals surface area (Å²) in [5.74, 6) is 1.86. The number of hydrogen-bond donors (Lipinski definition) is 1. The van der Waals surface area contributed by atoms with Gasteiger partial charge in [-0.25, -0.2) is 4.98 Å². The predicted octanol–water partition coefficient (Wildman–Crippen LogP) is 4.13. The van der Waals surface area contributed by atoms with Gasteiger partial charge in [-0.3, -0.25) is 0 Å². The molecule has 2 aliphatic rings. The third kappa shape index (κ3) is 3.96. The maximum Gasteiger partial charge on any atom is 0.257 e. The third-order valence-corrected chi connectivity index (χ3v) is 5.23. The van der Waals surface area contributed by atoms with Gasteiger partial charge in [0.15, 0.2) is 5.75 Å². The van der Waals surface area contributed by atoms with Gasteiger partial charge in [-0.1, -0.05) is 30.3 Å². The first-order chi connectivity index (χ1) is 12.4. The Morgan fingerprint density at radius 2 is 1.84 bits per heavy atom. The molecule has 1 saturated carbocycles. The maximum atomic E-state index is 6.50. The van der Waals surface area contributed by atoms with E-state index in [-0.39, 0.29) is 12.2 Å². The number of nitrogens with zero attached hydrogens (tertiary/aromatic N) is 1. The molecule has 132 valence electrons. The summed E-state index contributed by atoms with van der Waals surface area (Å²) in [6.07, 6.45) is 7.92. The van der Waals surface area contributed by atoms with Crippen LogP contribution >= 0.6 is 0 Å². The molecule has 2 fully saturated rings. The van der Waals surface area contributed by atoms with Crippen LogP contribution in [0.25, 0.3) is 0 Å². The Morgan fingerprint density at radius 3 is 2.60 bits per heavy atom. The van der Waals surface area contributed by atoms with Crippen LogP contribution in [0.5, 0.6) is 11.6 Å². The number of aromatic nitrogens is 1.